The fraction of sp³-hybridized carbons (Fsp3) is 0.783. The molecule has 0 spiro atoms. The van der Waals surface area contributed by atoms with Gasteiger partial charge >= 0.3 is 0 Å². The molecule has 2 saturated carbocycles. The molecule has 310 valence electrons. The molecule has 2 heterocycles. The number of benzene rings is 1. The second kappa shape index (κ2) is 14.0. The van der Waals surface area contributed by atoms with Gasteiger partial charge in [0.25, 0.3) is 0 Å². The molecule has 8 aliphatic rings. The molecule has 12 atom stereocenters. The average Bonchev–Trinajstić information content (AvgIpc) is 3.58. The summed E-state index contributed by atoms with van der Waals surface area (Å²) in [6, 6.07) is 0. The monoisotopic (exact) mass is 806 g/mol. The Bertz CT molecular complexity index is 1610. The summed E-state index contributed by atoms with van der Waals surface area (Å²) < 4.78 is 26.7. The highest BCUT2D eigenvalue weighted by atomic mass is 28.3. The van der Waals surface area contributed by atoms with Gasteiger partial charge in [0.05, 0.1) is 48.8 Å². The van der Waals surface area contributed by atoms with Gasteiger partial charge in [-0.2, -0.15) is 0 Å². The number of hydrogen-bond donors (Lipinski definition) is 4. The van der Waals surface area contributed by atoms with Crippen molar-refractivity contribution >= 4 is 16.1 Å². The van der Waals surface area contributed by atoms with Crippen LogP contribution >= 0.6 is 0 Å². The zero-order chi connectivity index (χ0) is 41.5. The number of rotatable bonds is 6. The van der Waals surface area contributed by atoms with Gasteiger partial charge in [0.15, 0.2) is 11.6 Å². The Morgan fingerprint density at radius 3 is 0.786 bits per heavy atom. The summed E-state index contributed by atoms with van der Waals surface area (Å²) in [6.07, 6.45) is -6.59. The normalized spacial score (nSPS) is 36.2. The molecule has 56 heavy (non-hydrogen) atoms. The molecular weight excluding hydrogens is 737 g/mol. The Kier molecular flexibility index (Phi) is 10.7. The van der Waals surface area contributed by atoms with Crippen LogP contribution in [-0.4, -0.2) is 97.0 Å². The average molecular weight is 807 g/mol. The standard InChI is InChI=1S/C46H70O8Si2/c1-21(2)55(22(3)4,23(5)6)19-17-27-29-31(35-39(49)37(47)33(29)41-43(35)53-45(13,14)51-41)28(18-20-56(24(7)8,25(9)10)26(11)12)32-30(27)34-38(48)40(50)36(32)44-42(34)52-46(15,16)54-44/h21-26,33-44,47-50H,1-16H3/t33-,34+,35+,36-,37+,38-,39-,40+,41+,42-,43-,44+. The summed E-state index contributed by atoms with van der Waals surface area (Å²) >= 11 is 0. The van der Waals surface area contributed by atoms with Crippen molar-refractivity contribution in [3.63, 3.8) is 0 Å². The van der Waals surface area contributed by atoms with Crippen LogP contribution in [0.25, 0.3) is 0 Å². The molecule has 1 aromatic rings. The van der Waals surface area contributed by atoms with E-state index in [4.69, 9.17) is 18.9 Å². The SMILES string of the molecule is CC(C)[Si](C#Cc1c2c(c(C#C[Si](C(C)C)(C(C)C)C(C)C)c3c1[C@H]1[C@@H](O)[C@@H](O)[C@@H]3[C@@H]3OC(C)(C)O[C@@H]31)[C@H]1[C@@H](O)[C@@H](O)[C@@H]2[C@@H]2OC(C)(C)O[C@@H]21)(C(C)C)C(C)C. The van der Waals surface area contributed by atoms with Crippen LogP contribution in [0.2, 0.25) is 33.2 Å². The lowest BCUT2D eigenvalue weighted by Gasteiger charge is -2.55. The minimum absolute atomic E-state index is 0.370. The molecule has 6 aliphatic carbocycles. The van der Waals surface area contributed by atoms with Crippen LogP contribution in [0, 0.1) is 22.9 Å². The summed E-state index contributed by atoms with van der Waals surface area (Å²) in [5.41, 5.74) is 15.3. The van der Waals surface area contributed by atoms with Gasteiger partial charge in [-0.25, -0.2) is 0 Å². The first-order chi connectivity index (χ1) is 25.9. The Labute approximate surface area is 338 Å². The largest absolute Gasteiger partial charge is 0.390 e. The molecule has 0 unspecified atom stereocenters. The lowest BCUT2D eigenvalue weighted by molar-refractivity contribution is -0.148. The van der Waals surface area contributed by atoms with E-state index in [-0.39, 0.29) is 0 Å². The van der Waals surface area contributed by atoms with E-state index in [0.717, 1.165) is 33.4 Å². The van der Waals surface area contributed by atoms with E-state index in [2.05, 4.69) is 106 Å². The smallest absolute Gasteiger partial charge is 0.163 e. The number of ether oxygens (including phenoxy) is 4. The topological polar surface area (TPSA) is 118 Å². The molecular formula is C46H70O8Si2. The highest BCUT2D eigenvalue weighted by Gasteiger charge is 2.68. The second-order valence-corrected chi connectivity index (χ2v) is 32.1. The molecule has 4 bridgehead atoms. The Hall–Kier alpha value is -1.55. The third-order valence-corrected chi connectivity index (χ3v) is 28.0. The van der Waals surface area contributed by atoms with Crippen molar-refractivity contribution in [2.45, 2.75) is 228 Å². The van der Waals surface area contributed by atoms with Crippen LogP contribution in [0.4, 0.5) is 0 Å². The predicted molar refractivity (Wildman–Crippen MR) is 225 cm³/mol. The maximum absolute atomic E-state index is 12.2. The van der Waals surface area contributed by atoms with E-state index in [9.17, 15) is 20.4 Å². The molecule has 0 aromatic heterocycles. The molecule has 10 heteroatoms. The van der Waals surface area contributed by atoms with Crippen LogP contribution in [0.1, 0.15) is 168 Å². The third kappa shape index (κ3) is 5.82. The van der Waals surface area contributed by atoms with Crippen LogP contribution < -0.4 is 0 Å². The third-order valence-electron chi connectivity index (χ3n) is 15.4. The predicted octanol–water partition coefficient (Wildman–Crippen LogP) is 7.70. The Balaban J connectivity index is 1.68. The highest BCUT2D eigenvalue weighted by molar-refractivity contribution is 6.91. The molecule has 4 fully saturated rings. The van der Waals surface area contributed by atoms with Crippen LogP contribution in [0.5, 0.6) is 0 Å². The van der Waals surface area contributed by atoms with Crippen molar-refractivity contribution in [2.24, 2.45) is 0 Å². The number of aliphatic hydroxyl groups excluding tert-OH is 4. The van der Waals surface area contributed by atoms with E-state index in [1.165, 1.54) is 0 Å². The van der Waals surface area contributed by atoms with Gasteiger partial charge in [0.1, 0.15) is 16.1 Å². The van der Waals surface area contributed by atoms with Gasteiger partial charge in [-0.15, -0.1) is 11.1 Å². The lowest BCUT2D eigenvalue weighted by atomic mass is 9.53. The van der Waals surface area contributed by atoms with Gasteiger partial charge < -0.3 is 39.4 Å². The van der Waals surface area contributed by atoms with Crippen molar-refractivity contribution in [1.29, 1.82) is 0 Å². The van der Waals surface area contributed by atoms with E-state index in [1.54, 1.807) is 0 Å². The minimum Gasteiger partial charge on any atom is -0.390 e. The molecule has 2 aliphatic heterocycles. The summed E-state index contributed by atoms with van der Waals surface area (Å²) in [7, 11) is -4.63. The summed E-state index contributed by atoms with van der Waals surface area (Å²) in [5, 5.41) is 48.7. The summed E-state index contributed by atoms with van der Waals surface area (Å²) in [4.78, 5) is 0. The van der Waals surface area contributed by atoms with Crippen molar-refractivity contribution in [3.8, 4) is 22.9 Å². The summed E-state index contributed by atoms with van der Waals surface area (Å²) in [6.45, 7) is 35.2. The number of hydrogen-bond acceptors (Lipinski definition) is 8. The molecule has 0 amide bonds. The number of fused-ring (bicyclic) bond motifs is 2. The Morgan fingerprint density at radius 1 is 0.411 bits per heavy atom. The number of aliphatic hydroxyl groups is 4. The van der Waals surface area contributed by atoms with E-state index >= 15 is 0 Å². The molecule has 4 N–H and O–H groups in total. The van der Waals surface area contributed by atoms with Gasteiger partial charge in [0.2, 0.25) is 0 Å². The van der Waals surface area contributed by atoms with Crippen molar-refractivity contribution in [2.75, 3.05) is 0 Å². The van der Waals surface area contributed by atoms with Crippen molar-refractivity contribution in [3.05, 3.63) is 33.4 Å². The van der Waals surface area contributed by atoms with Crippen LogP contribution in [0.3, 0.4) is 0 Å². The molecule has 1 aromatic carbocycles. The molecule has 2 saturated heterocycles. The van der Waals surface area contributed by atoms with E-state index in [1.807, 2.05) is 27.7 Å². The maximum atomic E-state index is 12.2. The van der Waals surface area contributed by atoms with Crippen molar-refractivity contribution in [1.82, 2.24) is 0 Å². The van der Waals surface area contributed by atoms with Gasteiger partial charge in [0, 0.05) is 34.8 Å². The van der Waals surface area contributed by atoms with Gasteiger partial charge in [-0.05, 0) is 83.2 Å². The lowest BCUT2D eigenvalue weighted by Crippen LogP contribution is -2.61. The van der Waals surface area contributed by atoms with Crippen molar-refractivity contribution < 1.29 is 39.4 Å². The van der Waals surface area contributed by atoms with E-state index in [0.29, 0.717) is 33.2 Å². The maximum Gasteiger partial charge on any atom is 0.163 e. The summed E-state index contributed by atoms with van der Waals surface area (Å²) in [5.74, 6) is 3.26. The van der Waals surface area contributed by atoms with Crippen LogP contribution in [0.15, 0.2) is 0 Å². The van der Waals surface area contributed by atoms with Gasteiger partial charge in [-0.3, -0.25) is 0 Å². The van der Waals surface area contributed by atoms with Crippen LogP contribution in [-0.2, 0) is 18.9 Å². The highest BCUT2D eigenvalue weighted by Crippen LogP contribution is 2.64. The fourth-order valence-corrected chi connectivity index (χ4v) is 23.8. The second-order valence-electron chi connectivity index (χ2n) is 20.9. The molecule has 8 nitrogen and oxygen atoms in total. The first-order valence-electron chi connectivity index (χ1n) is 21.6. The quantitative estimate of drug-likeness (QED) is 0.171. The first-order valence-corrected chi connectivity index (χ1v) is 26.1. The minimum atomic E-state index is -2.31. The fourth-order valence-electron chi connectivity index (χ4n) is 13.4. The van der Waals surface area contributed by atoms with E-state index < -0.39 is 100 Å². The Morgan fingerprint density at radius 2 is 0.607 bits per heavy atom. The zero-order valence-electron chi connectivity index (χ0n) is 36.8. The first kappa shape index (κ1) is 42.6. The molecule has 9 rings (SSSR count). The molecule has 0 radical (unpaired) electrons. The van der Waals surface area contributed by atoms with Gasteiger partial charge in [-0.1, -0.05) is 94.9 Å². The zero-order valence-corrected chi connectivity index (χ0v) is 38.8.